The van der Waals surface area contributed by atoms with Crippen molar-refractivity contribution in [2.45, 2.75) is 64.8 Å². The fourth-order valence-electron chi connectivity index (χ4n) is 2.85. The Labute approximate surface area is 102 Å². The molecule has 0 unspecified atom stereocenters. The molecule has 2 N–H and O–H groups in total. The summed E-state index contributed by atoms with van der Waals surface area (Å²) < 4.78 is 0. The quantitative estimate of drug-likeness (QED) is 0.723. The van der Waals surface area contributed by atoms with Gasteiger partial charge in [-0.05, 0) is 57.7 Å². The van der Waals surface area contributed by atoms with Gasteiger partial charge in [-0.1, -0.05) is 26.7 Å². The minimum Gasteiger partial charge on any atom is -0.330 e. The van der Waals surface area contributed by atoms with Crippen LogP contribution in [0.4, 0.5) is 0 Å². The topological polar surface area (TPSA) is 29.3 Å². The summed E-state index contributed by atoms with van der Waals surface area (Å²) >= 11 is 0. The molecule has 0 aromatic rings. The molecule has 0 aliphatic heterocycles. The normalized spacial score (nSPS) is 18.6. The SMILES string of the molecule is CN(CCCC(C)(C)CCN)C1CCCC1. The summed E-state index contributed by atoms with van der Waals surface area (Å²) in [5, 5.41) is 0. The number of rotatable bonds is 7. The second-order valence-electron chi connectivity index (χ2n) is 6.23. The third-order valence-electron chi connectivity index (χ3n) is 4.13. The maximum atomic E-state index is 5.64. The van der Waals surface area contributed by atoms with Crippen LogP contribution in [-0.4, -0.2) is 31.1 Å². The lowest BCUT2D eigenvalue weighted by molar-refractivity contribution is 0.217. The predicted molar refractivity (Wildman–Crippen MR) is 71.6 cm³/mol. The van der Waals surface area contributed by atoms with Crippen LogP contribution in [0.1, 0.15) is 58.8 Å². The van der Waals surface area contributed by atoms with Crippen LogP contribution in [0, 0.1) is 5.41 Å². The first kappa shape index (κ1) is 14.0. The second-order valence-corrected chi connectivity index (χ2v) is 6.23. The molecule has 0 saturated heterocycles. The molecule has 0 bridgehead atoms. The van der Waals surface area contributed by atoms with Gasteiger partial charge in [0.15, 0.2) is 0 Å². The standard InChI is InChI=1S/C14H30N2/c1-14(2,10-11-15)9-6-12-16(3)13-7-4-5-8-13/h13H,4-12,15H2,1-3H3. The third-order valence-corrected chi connectivity index (χ3v) is 4.13. The fourth-order valence-corrected chi connectivity index (χ4v) is 2.85. The molecule has 2 nitrogen and oxygen atoms in total. The smallest absolute Gasteiger partial charge is 0.00922 e. The van der Waals surface area contributed by atoms with E-state index in [1.54, 1.807) is 0 Å². The van der Waals surface area contributed by atoms with Gasteiger partial charge < -0.3 is 10.6 Å². The Morgan fingerprint density at radius 1 is 1.19 bits per heavy atom. The first-order valence-corrected chi connectivity index (χ1v) is 6.95. The van der Waals surface area contributed by atoms with Gasteiger partial charge in [-0.25, -0.2) is 0 Å². The molecule has 1 saturated carbocycles. The van der Waals surface area contributed by atoms with E-state index in [-0.39, 0.29) is 0 Å². The van der Waals surface area contributed by atoms with Crippen molar-refractivity contribution < 1.29 is 0 Å². The molecule has 2 heteroatoms. The van der Waals surface area contributed by atoms with Crippen molar-refractivity contribution >= 4 is 0 Å². The van der Waals surface area contributed by atoms with Crippen molar-refractivity contribution in [2.75, 3.05) is 20.1 Å². The van der Waals surface area contributed by atoms with E-state index < -0.39 is 0 Å². The summed E-state index contributed by atoms with van der Waals surface area (Å²) in [5.74, 6) is 0. The van der Waals surface area contributed by atoms with Gasteiger partial charge in [-0.3, -0.25) is 0 Å². The van der Waals surface area contributed by atoms with E-state index in [1.807, 2.05) is 0 Å². The van der Waals surface area contributed by atoms with Gasteiger partial charge >= 0.3 is 0 Å². The largest absolute Gasteiger partial charge is 0.330 e. The van der Waals surface area contributed by atoms with E-state index in [2.05, 4.69) is 25.8 Å². The Morgan fingerprint density at radius 3 is 2.38 bits per heavy atom. The molecule has 0 aromatic heterocycles. The molecule has 1 rings (SSSR count). The van der Waals surface area contributed by atoms with Gasteiger partial charge in [0, 0.05) is 6.04 Å². The minimum absolute atomic E-state index is 0.436. The summed E-state index contributed by atoms with van der Waals surface area (Å²) in [4.78, 5) is 2.57. The van der Waals surface area contributed by atoms with E-state index in [9.17, 15) is 0 Å². The van der Waals surface area contributed by atoms with E-state index in [0.29, 0.717) is 5.41 Å². The third kappa shape index (κ3) is 4.84. The van der Waals surface area contributed by atoms with Crippen molar-refractivity contribution in [2.24, 2.45) is 11.1 Å². The van der Waals surface area contributed by atoms with Crippen LogP contribution in [0.25, 0.3) is 0 Å². The molecule has 0 spiro atoms. The molecule has 0 radical (unpaired) electrons. The van der Waals surface area contributed by atoms with E-state index in [1.165, 1.54) is 45.1 Å². The summed E-state index contributed by atoms with van der Waals surface area (Å²) in [6, 6.07) is 0.873. The molecule has 1 aliphatic carbocycles. The van der Waals surface area contributed by atoms with E-state index >= 15 is 0 Å². The first-order chi connectivity index (χ1) is 7.55. The molecular formula is C14H30N2. The molecule has 1 aliphatic rings. The van der Waals surface area contributed by atoms with Crippen LogP contribution in [0.15, 0.2) is 0 Å². The molecule has 0 amide bonds. The highest BCUT2D eigenvalue weighted by Gasteiger charge is 2.20. The maximum Gasteiger partial charge on any atom is 0.00922 e. The lowest BCUT2D eigenvalue weighted by Gasteiger charge is -2.28. The average molecular weight is 226 g/mol. The lowest BCUT2D eigenvalue weighted by Crippen LogP contribution is -2.30. The van der Waals surface area contributed by atoms with Crippen LogP contribution >= 0.6 is 0 Å². The van der Waals surface area contributed by atoms with Crippen LogP contribution in [0.3, 0.4) is 0 Å². The van der Waals surface area contributed by atoms with Gasteiger partial charge in [-0.2, -0.15) is 0 Å². The van der Waals surface area contributed by atoms with Crippen LogP contribution in [0.5, 0.6) is 0 Å². The van der Waals surface area contributed by atoms with Crippen molar-refractivity contribution in [1.82, 2.24) is 4.90 Å². The van der Waals surface area contributed by atoms with Crippen LogP contribution in [0.2, 0.25) is 0 Å². The van der Waals surface area contributed by atoms with Gasteiger partial charge in [0.1, 0.15) is 0 Å². The van der Waals surface area contributed by atoms with Gasteiger partial charge in [0.25, 0.3) is 0 Å². The predicted octanol–water partition coefficient (Wildman–Crippen LogP) is 3.02. The van der Waals surface area contributed by atoms with Crippen molar-refractivity contribution in [3.8, 4) is 0 Å². The van der Waals surface area contributed by atoms with Crippen molar-refractivity contribution in [3.05, 3.63) is 0 Å². The summed E-state index contributed by atoms with van der Waals surface area (Å²) in [6.07, 6.45) is 9.49. The molecule has 0 atom stereocenters. The second kappa shape index (κ2) is 6.61. The molecule has 1 fully saturated rings. The van der Waals surface area contributed by atoms with Gasteiger partial charge in [0.2, 0.25) is 0 Å². The van der Waals surface area contributed by atoms with E-state index in [0.717, 1.165) is 19.0 Å². The number of nitrogens with zero attached hydrogens (tertiary/aromatic N) is 1. The molecule has 96 valence electrons. The zero-order valence-electron chi connectivity index (χ0n) is 11.5. The summed E-state index contributed by atoms with van der Waals surface area (Å²) in [5.41, 5.74) is 6.07. The van der Waals surface area contributed by atoms with E-state index in [4.69, 9.17) is 5.73 Å². The maximum absolute atomic E-state index is 5.64. The summed E-state index contributed by atoms with van der Waals surface area (Å²) in [7, 11) is 2.30. The highest BCUT2D eigenvalue weighted by atomic mass is 15.1. The van der Waals surface area contributed by atoms with Crippen LogP contribution < -0.4 is 5.73 Å². The van der Waals surface area contributed by atoms with Gasteiger partial charge in [0.05, 0.1) is 0 Å². The lowest BCUT2D eigenvalue weighted by atomic mass is 9.84. The molecule has 0 heterocycles. The van der Waals surface area contributed by atoms with Crippen molar-refractivity contribution in [1.29, 1.82) is 0 Å². The Hall–Kier alpha value is -0.0800. The Balaban J connectivity index is 2.14. The zero-order chi connectivity index (χ0) is 12.0. The molecule has 16 heavy (non-hydrogen) atoms. The first-order valence-electron chi connectivity index (χ1n) is 6.95. The highest BCUT2D eigenvalue weighted by Crippen LogP contribution is 2.27. The Bertz CT molecular complexity index is 183. The molecule has 0 aromatic carbocycles. The van der Waals surface area contributed by atoms with Crippen molar-refractivity contribution in [3.63, 3.8) is 0 Å². The minimum atomic E-state index is 0.436. The zero-order valence-corrected chi connectivity index (χ0v) is 11.5. The summed E-state index contributed by atoms with van der Waals surface area (Å²) in [6.45, 7) is 6.77. The highest BCUT2D eigenvalue weighted by molar-refractivity contribution is 4.76. The van der Waals surface area contributed by atoms with Gasteiger partial charge in [-0.15, -0.1) is 0 Å². The average Bonchev–Trinajstić information content (AvgIpc) is 2.69. The number of nitrogens with two attached hydrogens (primary N) is 1. The number of hydrogen-bond acceptors (Lipinski definition) is 2. The Morgan fingerprint density at radius 2 is 1.81 bits per heavy atom. The Kier molecular flexibility index (Phi) is 5.77. The number of hydrogen-bond donors (Lipinski definition) is 1. The monoisotopic (exact) mass is 226 g/mol. The fraction of sp³-hybridized carbons (Fsp3) is 1.00. The van der Waals surface area contributed by atoms with Crippen LogP contribution in [-0.2, 0) is 0 Å². The molecular weight excluding hydrogens is 196 g/mol.